The summed E-state index contributed by atoms with van der Waals surface area (Å²) in [6.07, 6.45) is 0.694. The van der Waals surface area contributed by atoms with Crippen LogP contribution >= 0.6 is 0 Å². The third-order valence-corrected chi connectivity index (χ3v) is 4.39. The van der Waals surface area contributed by atoms with Crippen LogP contribution in [0.25, 0.3) is 0 Å². The van der Waals surface area contributed by atoms with Gasteiger partial charge in [0.15, 0.2) is 0 Å². The molecule has 0 aromatic heterocycles. The Kier molecular flexibility index (Phi) is 8.14. The number of carbonyl (C=O) groups is 1. The van der Waals surface area contributed by atoms with Crippen LogP contribution in [0.15, 0.2) is 42.5 Å². The van der Waals surface area contributed by atoms with Gasteiger partial charge in [0, 0.05) is 18.2 Å². The van der Waals surface area contributed by atoms with Gasteiger partial charge in [-0.05, 0) is 36.1 Å². The van der Waals surface area contributed by atoms with E-state index in [-0.39, 0.29) is 11.9 Å². The molecule has 0 saturated carbocycles. The lowest BCUT2D eigenvalue weighted by molar-refractivity contribution is -0.120. The lowest BCUT2D eigenvalue weighted by Crippen LogP contribution is -2.41. The molecular formula is C22H30N2O4. The predicted octanol–water partition coefficient (Wildman–Crippen LogP) is 3.27. The molecule has 2 aromatic carbocycles. The van der Waals surface area contributed by atoms with E-state index < -0.39 is 0 Å². The molecule has 0 unspecified atom stereocenters. The minimum atomic E-state index is -0.367. The number of methoxy groups -OCH3 is 2. The highest BCUT2D eigenvalue weighted by atomic mass is 16.5. The molecule has 0 spiro atoms. The van der Waals surface area contributed by atoms with Crippen LogP contribution < -0.4 is 25.3 Å². The number of amides is 1. The van der Waals surface area contributed by atoms with E-state index in [0.29, 0.717) is 37.0 Å². The number of primary amides is 1. The molecule has 152 valence electrons. The van der Waals surface area contributed by atoms with E-state index in [1.807, 2.05) is 42.5 Å². The maximum Gasteiger partial charge on any atom is 0.234 e. The molecule has 0 bridgehead atoms. The minimum Gasteiger partial charge on any atom is -0.497 e. The quantitative estimate of drug-likeness (QED) is 0.619. The first-order valence-corrected chi connectivity index (χ1v) is 9.38. The molecule has 28 heavy (non-hydrogen) atoms. The second kappa shape index (κ2) is 10.6. The fourth-order valence-electron chi connectivity index (χ4n) is 2.89. The number of nitrogens with one attached hydrogen (secondary N) is 1. The number of hydrogen-bond acceptors (Lipinski definition) is 5. The third-order valence-electron chi connectivity index (χ3n) is 4.39. The molecule has 0 radical (unpaired) electrons. The summed E-state index contributed by atoms with van der Waals surface area (Å²) in [5, 5.41) is 3.22. The van der Waals surface area contributed by atoms with E-state index in [0.717, 1.165) is 16.9 Å². The van der Waals surface area contributed by atoms with E-state index >= 15 is 0 Å². The van der Waals surface area contributed by atoms with Crippen molar-refractivity contribution in [1.29, 1.82) is 0 Å². The maximum atomic E-state index is 11.6. The number of benzene rings is 2. The summed E-state index contributed by atoms with van der Waals surface area (Å²) in [7, 11) is 3.26. The SMILES string of the molecule is COc1cccc(COc2ccc(CN[C@@H](CC(C)C)C(N)=O)c(OC)c2)c1. The first-order valence-electron chi connectivity index (χ1n) is 9.38. The summed E-state index contributed by atoms with van der Waals surface area (Å²) in [5.74, 6) is 2.23. The van der Waals surface area contributed by atoms with Gasteiger partial charge in [0.1, 0.15) is 23.9 Å². The largest absolute Gasteiger partial charge is 0.497 e. The van der Waals surface area contributed by atoms with Gasteiger partial charge in [-0.1, -0.05) is 32.0 Å². The monoisotopic (exact) mass is 386 g/mol. The lowest BCUT2D eigenvalue weighted by Gasteiger charge is -2.19. The maximum absolute atomic E-state index is 11.6. The van der Waals surface area contributed by atoms with Crippen molar-refractivity contribution in [1.82, 2.24) is 5.32 Å². The summed E-state index contributed by atoms with van der Waals surface area (Å²) in [4.78, 5) is 11.6. The average molecular weight is 386 g/mol. The molecule has 0 heterocycles. The highest BCUT2D eigenvalue weighted by Gasteiger charge is 2.17. The van der Waals surface area contributed by atoms with Crippen molar-refractivity contribution in [3.8, 4) is 17.2 Å². The molecule has 0 aliphatic carbocycles. The second-order valence-electron chi connectivity index (χ2n) is 7.08. The Morgan fingerprint density at radius 3 is 2.50 bits per heavy atom. The van der Waals surface area contributed by atoms with Crippen molar-refractivity contribution in [2.75, 3.05) is 14.2 Å². The third kappa shape index (κ3) is 6.46. The van der Waals surface area contributed by atoms with Gasteiger partial charge in [-0.2, -0.15) is 0 Å². The number of ether oxygens (including phenoxy) is 3. The summed E-state index contributed by atoms with van der Waals surface area (Å²) >= 11 is 0. The molecule has 1 amide bonds. The Hall–Kier alpha value is -2.73. The molecule has 0 aliphatic rings. The van der Waals surface area contributed by atoms with Crippen molar-refractivity contribution in [3.63, 3.8) is 0 Å². The lowest BCUT2D eigenvalue weighted by atomic mass is 10.0. The van der Waals surface area contributed by atoms with Gasteiger partial charge in [0.2, 0.25) is 5.91 Å². The van der Waals surface area contributed by atoms with Crippen LogP contribution in [0.3, 0.4) is 0 Å². The van der Waals surface area contributed by atoms with Gasteiger partial charge >= 0.3 is 0 Å². The number of nitrogens with two attached hydrogens (primary N) is 1. The Morgan fingerprint density at radius 2 is 1.86 bits per heavy atom. The zero-order valence-electron chi connectivity index (χ0n) is 17.0. The second-order valence-corrected chi connectivity index (χ2v) is 7.08. The Balaban J connectivity index is 2.01. The molecule has 0 saturated heterocycles. The average Bonchev–Trinajstić information content (AvgIpc) is 2.69. The molecular weight excluding hydrogens is 356 g/mol. The zero-order valence-corrected chi connectivity index (χ0v) is 17.0. The van der Waals surface area contributed by atoms with Crippen molar-refractivity contribution in [2.45, 2.75) is 39.5 Å². The number of carbonyl (C=O) groups excluding carboxylic acids is 1. The van der Waals surface area contributed by atoms with Gasteiger partial charge in [0.25, 0.3) is 0 Å². The van der Waals surface area contributed by atoms with Gasteiger partial charge < -0.3 is 25.3 Å². The Morgan fingerprint density at radius 1 is 1.07 bits per heavy atom. The van der Waals surface area contributed by atoms with Crippen LogP contribution in [0.1, 0.15) is 31.4 Å². The van der Waals surface area contributed by atoms with Crippen molar-refractivity contribution in [3.05, 3.63) is 53.6 Å². The highest BCUT2D eigenvalue weighted by molar-refractivity contribution is 5.79. The van der Waals surface area contributed by atoms with Gasteiger partial charge in [-0.3, -0.25) is 4.79 Å². The summed E-state index contributed by atoms with van der Waals surface area (Å²) < 4.78 is 16.6. The molecule has 0 aliphatic heterocycles. The van der Waals surface area contributed by atoms with Crippen LogP contribution in [-0.4, -0.2) is 26.2 Å². The first kappa shape index (κ1) is 21.6. The van der Waals surface area contributed by atoms with E-state index in [9.17, 15) is 4.79 Å². The Labute approximate surface area is 167 Å². The molecule has 2 aromatic rings. The van der Waals surface area contributed by atoms with E-state index in [4.69, 9.17) is 19.9 Å². The molecule has 1 atom stereocenters. The number of rotatable bonds is 11. The smallest absolute Gasteiger partial charge is 0.234 e. The molecule has 0 fully saturated rings. The predicted molar refractivity (Wildman–Crippen MR) is 110 cm³/mol. The summed E-state index contributed by atoms with van der Waals surface area (Å²) in [5.41, 5.74) is 7.45. The topological polar surface area (TPSA) is 82.8 Å². The normalized spacial score (nSPS) is 11.9. The zero-order chi connectivity index (χ0) is 20.5. The Bertz CT molecular complexity index is 777. The van der Waals surface area contributed by atoms with Gasteiger partial charge in [-0.15, -0.1) is 0 Å². The van der Waals surface area contributed by atoms with Gasteiger partial charge in [-0.25, -0.2) is 0 Å². The van der Waals surface area contributed by atoms with Crippen LogP contribution in [0.4, 0.5) is 0 Å². The van der Waals surface area contributed by atoms with Crippen LogP contribution in [0.2, 0.25) is 0 Å². The van der Waals surface area contributed by atoms with Crippen LogP contribution in [0.5, 0.6) is 17.2 Å². The summed E-state index contributed by atoms with van der Waals surface area (Å²) in [6.45, 7) is 5.04. The molecule has 6 heteroatoms. The highest BCUT2D eigenvalue weighted by Crippen LogP contribution is 2.26. The van der Waals surface area contributed by atoms with Gasteiger partial charge in [0.05, 0.1) is 20.3 Å². The van der Waals surface area contributed by atoms with Crippen molar-refractivity contribution in [2.24, 2.45) is 11.7 Å². The molecule has 6 nitrogen and oxygen atoms in total. The number of hydrogen-bond donors (Lipinski definition) is 2. The standard InChI is InChI=1S/C22H30N2O4/c1-15(2)10-20(22(23)25)24-13-17-8-9-19(12-21(17)27-4)28-14-16-6-5-7-18(11-16)26-3/h5-9,11-12,15,20,24H,10,13-14H2,1-4H3,(H2,23,25)/t20-/m0/s1. The van der Waals surface area contributed by atoms with Crippen LogP contribution in [0, 0.1) is 5.92 Å². The van der Waals surface area contributed by atoms with E-state index in [2.05, 4.69) is 19.2 Å². The minimum absolute atomic E-state index is 0.342. The fraction of sp³-hybridized carbons (Fsp3) is 0.409. The molecule has 2 rings (SSSR count). The fourth-order valence-corrected chi connectivity index (χ4v) is 2.89. The summed E-state index contributed by atoms with van der Waals surface area (Å²) in [6, 6.07) is 13.0. The van der Waals surface area contributed by atoms with Crippen LogP contribution in [-0.2, 0) is 17.9 Å². The van der Waals surface area contributed by atoms with Crippen molar-refractivity contribution >= 4 is 5.91 Å². The van der Waals surface area contributed by atoms with E-state index in [1.165, 1.54) is 0 Å². The molecule has 3 N–H and O–H groups in total. The van der Waals surface area contributed by atoms with E-state index in [1.54, 1.807) is 14.2 Å². The van der Waals surface area contributed by atoms with Crippen molar-refractivity contribution < 1.29 is 19.0 Å². The first-order chi connectivity index (χ1) is 13.4.